The minimum Gasteiger partial charge on any atom is -0.395 e. The van der Waals surface area contributed by atoms with Gasteiger partial charge in [-0.05, 0) is 62.4 Å². The number of anilines is 4. The van der Waals surface area contributed by atoms with Crippen molar-refractivity contribution in [3.8, 4) is 0 Å². The Morgan fingerprint density at radius 2 is 1.79 bits per heavy atom. The van der Waals surface area contributed by atoms with Crippen molar-refractivity contribution in [3.63, 3.8) is 0 Å². The van der Waals surface area contributed by atoms with Gasteiger partial charge in [0, 0.05) is 61.7 Å². The van der Waals surface area contributed by atoms with Crippen LogP contribution in [0.4, 0.5) is 40.7 Å². The van der Waals surface area contributed by atoms with Gasteiger partial charge in [0.1, 0.15) is 5.82 Å². The van der Waals surface area contributed by atoms with E-state index in [1.54, 1.807) is 36.1 Å². The molecule has 1 amide bonds. The van der Waals surface area contributed by atoms with E-state index in [-0.39, 0.29) is 68.0 Å². The number of rotatable bonds is 8. The molecule has 212 valence electrons. The number of aliphatic hydroxyl groups is 1. The molecule has 4 rings (SSSR count). The number of hydrogen-bond acceptors (Lipinski definition) is 8. The molecule has 13 heteroatoms. The molecular formula is C26H32F4N6O2S. The number of aliphatic hydroxyl groups excluding tert-OH is 1. The predicted octanol–water partition coefficient (Wildman–Crippen LogP) is 5.46. The zero-order chi connectivity index (χ0) is 28.2. The lowest BCUT2D eigenvalue weighted by atomic mass is 10.0. The Kier molecular flexibility index (Phi) is 9.21. The normalized spacial score (nSPS) is 18.1. The van der Waals surface area contributed by atoms with Gasteiger partial charge in [-0.3, -0.25) is 4.79 Å². The van der Waals surface area contributed by atoms with E-state index in [0.29, 0.717) is 35.7 Å². The summed E-state index contributed by atoms with van der Waals surface area (Å²) in [4.78, 5) is 25.8. The Bertz CT molecular complexity index is 1210. The maximum absolute atomic E-state index is 13.6. The number of piperidine rings is 2. The summed E-state index contributed by atoms with van der Waals surface area (Å²) in [6.07, 6.45) is -1.83. The third-order valence-corrected chi connectivity index (χ3v) is 7.62. The lowest BCUT2D eigenvalue weighted by molar-refractivity contribution is -0.0222. The van der Waals surface area contributed by atoms with Crippen molar-refractivity contribution in [1.82, 2.24) is 9.97 Å². The minimum atomic E-state index is -2.70. The summed E-state index contributed by atoms with van der Waals surface area (Å²) in [7, 11) is 0. The molecule has 2 aromatic rings. The molecule has 1 unspecified atom stereocenters. The molecule has 8 nitrogen and oxygen atoms in total. The van der Waals surface area contributed by atoms with Gasteiger partial charge in [-0.25, -0.2) is 13.8 Å². The number of hydrogen-bond donors (Lipinski definition) is 3. The van der Waals surface area contributed by atoms with Gasteiger partial charge in [0.05, 0.1) is 17.9 Å². The number of nitrogens with zero attached hydrogens (tertiary/aromatic N) is 4. The van der Waals surface area contributed by atoms with E-state index in [2.05, 4.69) is 20.0 Å². The number of carbonyl (C=O) groups is 1. The third kappa shape index (κ3) is 7.53. The van der Waals surface area contributed by atoms with E-state index in [0.717, 1.165) is 0 Å². The molecular weight excluding hydrogens is 536 g/mol. The van der Waals surface area contributed by atoms with Crippen LogP contribution in [0.5, 0.6) is 0 Å². The van der Waals surface area contributed by atoms with Crippen LogP contribution in [0.2, 0.25) is 0 Å². The minimum absolute atomic E-state index is 0.0127. The topological polar surface area (TPSA) is 93.6 Å². The molecule has 0 saturated carbocycles. The van der Waals surface area contributed by atoms with Gasteiger partial charge in [0.15, 0.2) is 0 Å². The summed E-state index contributed by atoms with van der Waals surface area (Å²) >= 11 is 1.33. The van der Waals surface area contributed by atoms with E-state index in [1.165, 1.54) is 11.9 Å². The van der Waals surface area contributed by atoms with E-state index in [1.807, 2.05) is 11.8 Å². The van der Waals surface area contributed by atoms with E-state index in [9.17, 15) is 27.5 Å². The average molecular weight is 569 g/mol. The monoisotopic (exact) mass is 568 g/mol. The summed E-state index contributed by atoms with van der Waals surface area (Å²) in [5.74, 6) is -2.63. The summed E-state index contributed by atoms with van der Waals surface area (Å²) in [5, 5.41) is 12.0. The Labute approximate surface area is 229 Å². The largest absolute Gasteiger partial charge is 0.395 e. The third-order valence-electron chi connectivity index (χ3n) is 6.71. The van der Waals surface area contributed by atoms with E-state index < -0.39 is 17.9 Å². The maximum atomic E-state index is 13.6. The number of aromatic nitrogens is 2. The van der Waals surface area contributed by atoms with Crippen LogP contribution < -0.4 is 19.8 Å². The molecule has 0 bridgehead atoms. The number of amides is 1. The Hall–Kier alpha value is -3.06. The SMILES string of the molecule is Cc1cc(NC(=O)c2ccc(NSC(C)CO)cc2N2CCC(=C(F)F)CC2)nc(N2CCC(F)(F)CC2)n1. The van der Waals surface area contributed by atoms with Crippen molar-refractivity contribution < 1.29 is 27.5 Å². The first-order valence-electron chi connectivity index (χ1n) is 12.8. The molecule has 1 aromatic heterocycles. The fourth-order valence-corrected chi connectivity index (χ4v) is 4.98. The molecule has 2 fully saturated rings. The fourth-order valence-electron chi connectivity index (χ4n) is 4.44. The number of benzene rings is 1. The Balaban J connectivity index is 1.56. The highest BCUT2D eigenvalue weighted by molar-refractivity contribution is 8.01. The molecule has 2 saturated heterocycles. The van der Waals surface area contributed by atoms with Crippen LogP contribution in [0.15, 0.2) is 35.9 Å². The van der Waals surface area contributed by atoms with Gasteiger partial charge in [-0.1, -0.05) is 0 Å². The molecule has 3 N–H and O–H groups in total. The number of alkyl halides is 2. The van der Waals surface area contributed by atoms with Crippen molar-refractivity contribution in [2.75, 3.05) is 52.6 Å². The molecule has 1 aromatic carbocycles. The Morgan fingerprint density at radius 1 is 1.10 bits per heavy atom. The van der Waals surface area contributed by atoms with Gasteiger partial charge in [-0.15, -0.1) is 0 Å². The summed E-state index contributed by atoms with van der Waals surface area (Å²) < 4.78 is 56.6. The van der Waals surface area contributed by atoms with Crippen molar-refractivity contribution in [3.05, 3.63) is 47.2 Å². The van der Waals surface area contributed by atoms with Crippen molar-refractivity contribution in [2.24, 2.45) is 0 Å². The summed E-state index contributed by atoms with van der Waals surface area (Å²) in [6, 6.07) is 6.78. The second-order valence-corrected chi connectivity index (χ2v) is 11.0. The smallest absolute Gasteiger partial charge is 0.269 e. The lowest BCUT2D eigenvalue weighted by Gasteiger charge is -2.32. The highest BCUT2D eigenvalue weighted by atomic mass is 32.2. The van der Waals surface area contributed by atoms with Crippen LogP contribution in [-0.4, -0.2) is 64.9 Å². The van der Waals surface area contributed by atoms with Crippen LogP contribution >= 0.6 is 11.9 Å². The fraction of sp³-hybridized carbons (Fsp3) is 0.500. The van der Waals surface area contributed by atoms with Gasteiger partial charge in [0.25, 0.3) is 17.9 Å². The van der Waals surface area contributed by atoms with Crippen LogP contribution in [0.1, 0.15) is 48.7 Å². The predicted molar refractivity (Wildman–Crippen MR) is 146 cm³/mol. The first-order chi connectivity index (χ1) is 18.5. The molecule has 39 heavy (non-hydrogen) atoms. The number of aryl methyl sites for hydroxylation is 1. The van der Waals surface area contributed by atoms with E-state index in [4.69, 9.17) is 0 Å². The van der Waals surface area contributed by atoms with Gasteiger partial charge >= 0.3 is 0 Å². The quantitative estimate of drug-likeness (QED) is 0.286. The van der Waals surface area contributed by atoms with Crippen molar-refractivity contribution in [1.29, 1.82) is 0 Å². The molecule has 2 aliphatic heterocycles. The summed E-state index contributed by atoms with van der Waals surface area (Å²) in [5.41, 5.74) is 2.32. The first-order valence-corrected chi connectivity index (χ1v) is 13.7. The lowest BCUT2D eigenvalue weighted by Crippen LogP contribution is -2.40. The number of carbonyl (C=O) groups excluding carboxylic acids is 1. The molecule has 2 aliphatic rings. The van der Waals surface area contributed by atoms with E-state index >= 15 is 0 Å². The van der Waals surface area contributed by atoms with Gasteiger partial charge in [0.2, 0.25) is 5.95 Å². The van der Waals surface area contributed by atoms with Crippen LogP contribution in [0.25, 0.3) is 0 Å². The highest BCUT2D eigenvalue weighted by Gasteiger charge is 2.35. The molecule has 1 atom stereocenters. The van der Waals surface area contributed by atoms with Crippen molar-refractivity contribution >= 4 is 41.0 Å². The molecule has 0 spiro atoms. The summed E-state index contributed by atoms with van der Waals surface area (Å²) in [6.45, 7) is 4.46. The van der Waals surface area contributed by atoms with Crippen LogP contribution in [-0.2, 0) is 0 Å². The zero-order valence-corrected chi connectivity index (χ0v) is 22.6. The molecule has 0 radical (unpaired) electrons. The maximum Gasteiger partial charge on any atom is 0.269 e. The molecule has 0 aliphatic carbocycles. The van der Waals surface area contributed by atoms with Crippen molar-refractivity contribution in [2.45, 2.75) is 50.7 Å². The van der Waals surface area contributed by atoms with Gasteiger partial charge < -0.3 is 24.9 Å². The number of halogens is 4. The van der Waals surface area contributed by atoms with Crippen LogP contribution in [0, 0.1) is 6.92 Å². The van der Waals surface area contributed by atoms with Gasteiger partial charge in [-0.2, -0.15) is 13.8 Å². The number of nitrogens with one attached hydrogen (secondary N) is 2. The standard InChI is InChI=1S/C26H32F4N6O2S/c1-16-13-22(33-25(31-16)36-11-7-26(29,30)8-12-36)32-24(38)20-4-3-19(34-39-17(2)15-37)14-21(20)35-9-5-18(6-10-35)23(27)28/h3-4,13-14,17,34,37H,5-12,15H2,1-2H3,(H,31,32,33,38). The average Bonchev–Trinajstić information content (AvgIpc) is 2.91. The van der Waals surface area contributed by atoms with Crippen LogP contribution in [0.3, 0.4) is 0 Å². The molecule has 3 heterocycles. The second-order valence-electron chi connectivity index (χ2n) is 9.79. The second kappa shape index (κ2) is 12.4. The highest BCUT2D eigenvalue weighted by Crippen LogP contribution is 2.33. The first kappa shape index (κ1) is 28.9. The Morgan fingerprint density at radius 3 is 2.44 bits per heavy atom. The zero-order valence-electron chi connectivity index (χ0n) is 21.8.